The summed E-state index contributed by atoms with van der Waals surface area (Å²) in [7, 11) is 0. The van der Waals surface area contributed by atoms with Crippen LogP contribution in [-0.2, 0) is 19.2 Å². The van der Waals surface area contributed by atoms with Gasteiger partial charge in [-0.15, -0.1) is 0 Å². The topological polar surface area (TPSA) is 248 Å². The highest BCUT2D eigenvalue weighted by Crippen LogP contribution is 2.01. The molecule has 1 rings (SSSR count). The fourth-order valence-electron chi connectivity index (χ4n) is 2.08. The van der Waals surface area contributed by atoms with E-state index in [0.29, 0.717) is 38.8 Å². The number of carboxylic acid groups (broad SMARTS) is 4. The fourth-order valence-corrected chi connectivity index (χ4v) is 2.08. The SMILES string of the molecule is C1CCCNCC1.N.NCCN.O=C(O)CCCCC(=O)O.O=C(O)CCCCC(=O)O. The first-order valence-corrected chi connectivity index (χ1v) is 10.6. The highest BCUT2D eigenvalue weighted by Gasteiger charge is 2.00. The Morgan fingerprint density at radius 2 is 0.812 bits per heavy atom. The zero-order valence-electron chi connectivity index (χ0n) is 19.1. The number of nitrogens with two attached hydrogens (primary N) is 2. The van der Waals surface area contributed by atoms with Gasteiger partial charge in [0.1, 0.15) is 0 Å². The highest BCUT2D eigenvalue weighted by atomic mass is 16.4. The minimum absolute atomic E-state index is 0. The normalized spacial score (nSPS) is 11.9. The van der Waals surface area contributed by atoms with E-state index >= 15 is 0 Å². The van der Waals surface area contributed by atoms with E-state index in [1.54, 1.807) is 0 Å². The first kappa shape index (κ1) is 37.1. The first-order valence-electron chi connectivity index (χ1n) is 10.6. The van der Waals surface area contributed by atoms with Gasteiger partial charge >= 0.3 is 23.9 Å². The molecule has 192 valence electrons. The Hall–Kier alpha value is -2.28. The third-order valence-electron chi connectivity index (χ3n) is 3.69. The van der Waals surface area contributed by atoms with E-state index < -0.39 is 23.9 Å². The van der Waals surface area contributed by atoms with Crippen molar-refractivity contribution in [2.24, 2.45) is 11.5 Å². The Morgan fingerprint density at radius 3 is 1.00 bits per heavy atom. The van der Waals surface area contributed by atoms with Crippen molar-refractivity contribution in [3.63, 3.8) is 0 Å². The molecule has 0 aromatic heterocycles. The molecule has 1 saturated heterocycles. The number of hydrogen-bond acceptors (Lipinski definition) is 8. The number of carbonyl (C=O) groups is 4. The molecule has 1 heterocycles. The molecule has 0 aliphatic carbocycles. The Balaban J connectivity index is -0.000000169. The molecule has 0 bridgehead atoms. The van der Waals surface area contributed by atoms with Crippen LogP contribution in [0.1, 0.15) is 77.0 Å². The molecule has 0 aromatic carbocycles. The summed E-state index contributed by atoms with van der Waals surface area (Å²) in [5.41, 5.74) is 9.81. The van der Waals surface area contributed by atoms with E-state index in [1.807, 2.05) is 0 Å². The van der Waals surface area contributed by atoms with Crippen molar-refractivity contribution in [2.75, 3.05) is 26.2 Å². The first-order chi connectivity index (χ1) is 14.7. The summed E-state index contributed by atoms with van der Waals surface area (Å²) in [6.45, 7) is 3.69. The van der Waals surface area contributed by atoms with Gasteiger partial charge in [0.15, 0.2) is 0 Å². The molecule has 1 aliphatic heterocycles. The van der Waals surface area contributed by atoms with E-state index in [9.17, 15) is 19.2 Å². The molecule has 0 radical (unpaired) electrons. The second-order valence-corrected chi connectivity index (χ2v) is 6.73. The fraction of sp³-hybridized carbons (Fsp3) is 0.800. The van der Waals surface area contributed by atoms with Gasteiger partial charge in [-0.25, -0.2) is 0 Å². The predicted molar refractivity (Wildman–Crippen MR) is 122 cm³/mol. The maximum Gasteiger partial charge on any atom is 0.303 e. The summed E-state index contributed by atoms with van der Waals surface area (Å²) in [6.07, 6.45) is 7.69. The summed E-state index contributed by atoms with van der Waals surface area (Å²) in [5, 5.41) is 35.9. The van der Waals surface area contributed by atoms with Gasteiger partial charge < -0.3 is 43.4 Å². The lowest BCUT2D eigenvalue weighted by Gasteiger charge is -1.92. The van der Waals surface area contributed by atoms with Crippen molar-refractivity contribution in [1.82, 2.24) is 11.5 Å². The monoisotopic (exact) mass is 468 g/mol. The van der Waals surface area contributed by atoms with Crippen molar-refractivity contribution >= 4 is 23.9 Å². The molecule has 12 nitrogen and oxygen atoms in total. The summed E-state index contributed by atoms with van der Waals surface area (Å²) in [4.78, 5) is 39.6. The molecule has 1 aliphatic rings. The van der Waals surface area contributed by atoms with Crippen LogP contribution in [0.25, 0.3) is 0 Å². The number of carboxylic acids is 4. The Labute approximate surface area is 190 Å². The molecular weight excluding hydrogens is 424 g/mol. The number of aliphatic carboxylic acids is 4. The minimum Gasteiger partial charge on any atom is -0.481 e. The largest absolute Gasteiger partial charge is 0.481 e. The standard InChI is InChI=1S/C6H13N.2C6H10O4.C2H8N2.H3N/c1-2-4-6-7-5-3-1;2*7-5(8)3-1-2-4-6(9)10;3-1-2-4;/h7H,1-6H2;2*1-4H2,(H,7,8)(H,9,10);1-4H2;1H3. The van der Waals surface area contributed by atoms with Gasteiger partial charge in [-0.2, -0.15) is 0 Å². The van der Waals surface area contributed by atoms with Crippen molar-refractivity contribution < 1.29 is 39.6 Å². The quantitative estimate of drug-likeness (QED) is 0.201. The average molecular weight is 469 g/mol. The van der Waals surface area contributed by atoms with E-state index in [2.05, 4.69) is 5.32 Å². The third-order valence-corrected chi connectivity index (χ3v) is 3.69. The Bertz CT molecular complexity index is 379. The van der Waals surface area contributed by atoms with Crippen LogP contribution in [-0.4, -0.2) is 70.5 Å². The maximum atomic E-state index is 9.90. The predicted octanol–water partition coefficient (Wildman–Crippen LogP) is 1.65. The second kappa shape index (κ2) is 30.9. The van der Waals surface area contributed by atoms with Gasteiger partial charge in [-0.05, 0) is 51.6 Å². The molecule has 32 heavy (non-hydrogen) atoms. The zero-order chi connectivity index (χ0) is 24.3. The lowest BCUT2D eigenvalue weighted by atomic mass is 10.2. The van der Waals surface area contributed by atoms with Gasteiger partial charge in [0.05, 0.1) is 0 Å². The van der Waals surface area contributed by atoms with Gasteiger partial charge in [-0.1, -0.05) is 12.8 Å². The van der Waals surface area contributed by atoms with Crippen LogP contribution < -0.4 is 22.9 Å². The maximum absolute atomic E-state index is 9.90. The molecular formula is C20H44N4O8. The summed E-state index contributed by atoms with van der Waals surface area (Å²) in [6, 6.07) is 0. The van der Waals surface area contributed by atoms with Crippen molar-refractivity contribution in [1.29, 1.82) is 0 Å². The van der Waals surface area contributed by atoms with Gasteiger partial charge in [0.25, 0.3) is 0 Å². The lowest BCUT2D eigenvalue weighted by Crippen LogP contribution is -2.12. The highest BCUT2D eigenvalue weighted by molar-refractivity contribution is 5.68. The van der Waals surface area contributed by atoms with Crippen LogP contribution in [0.5, 0.6) is 0 Å². The van der Waals surface area contributed by atoms with Crippen LogP contribution in [0.3, 0.4) is 0 Å². The van der Waals surface area contributed by atoms with E-state index in [-0.39, 0.29) is 31.8 Å². The smallest absolute Gasteiger partial charge is 0.303 e. The van der Waals surface area contributed by atoms with E-state index in [4.69, 9.17) is 31.9 Å². The summed E-state index contributed by atoms with van der Waals surface area (Å²) >= 11 is 0. The van der Waals surface area contributed by atoms with Crippen LogP contribution in [0.2, 0.25) is 0 Å². The Morgan fingerprint density at radius 1 is 0.562 bits per heavy atom. The number of rotatable bonds is 11. The molecule has 12 heteroatoms. The average Bonchev–Trinajstić information content (AvgIpc) is 3.02. The van der Waals surface area contributed by atoms with E-state index in [0.717, 1.165) is 0 Å². The summed E-state index contributed by atoms with van der Waals surface area (Å²) in [5.74, 6) is -3.48. The molecule has 0 spiro atoms. The molecule has 1 fully saturated rings. The molecule has 12 N–H and O–H groups in total. The molecule has 0 aromatic rings. The number of unbranched alkanes of at least 4 members (excludes halogenated alkanes) is 2. The third kappa shape index (κ3) is 50.9. The second-order valence-electron chi connectivity index (χ2n) is 6.73. The van der Waals surface area contributed by atoms with Crippen LogP contribution in [0.4, 0.5) is 0 Å². The zero-order valence-corrected chi connectivity index (χ0v) is 19.1. The molecule has 0 unspecified atom stereocenters. The summed E-state index contributed by atoms with van der Waals surface area (Å²) < 4.78 is 0. The van der Waals surface area contributed by atoms with Crippen molar-refractivity contribution in [3.05, 3.63) is 0 Å². The van der Waals surface area contributed by atoms with E-state index in [1.165, 1.54) is 38.8 Å². The van der Waals surface area contributed by atoms with Crippen LogP contribution >= 0.6 is 0 Å². The lowest BCUT2D eigenvalue weighted by molar-refractivity contribution is -0.139. The Kier molecular flexibility index (Phi) is 35.8. The van der Waals surface area contributed by atoms with Gasteiger partial charge in [-0.3, -0.25) is 19.2 Å². The molecule has 0 amide bonds. The minimum atomic E-state index is -0.870. The van der Waals surface area contributed by atoms with Crippen molar-refractivity contribution in [3.8, 4) is 0 Å². The van der Waals surface area contributed by atoms with Gasteiger partial charge in [0, 0.05) is 38.8 Å². The molecule has 0 atom stereocenters. The number of nitrogens with one attached hydrogen (secondary N) is 1. The van der Waals surface area contributed by atoms with Crippen LogP contribution in [0.15, 0.2) is 0 Å². The number of hydrogen-bond donors (Lipinski definition) is 8. The van der Waals surface area contributed by atoms with Crippen molar-refractivity contribution in [2.45, 2.75) is 77.0 Å². The molecule has 0 saturated carbocycles. The van der Waals surface area contributed by atoms with Gasteiger partial charge in [0.2, 0.25) is 0 Å². The van der Waals surface area contributed by atoms with Crippen LogP contribution in [0, 0.1) is 0 Å².